The molecule has 0 N–H and O–H groups in total. The van der Waals surface area contributed by atoms with E-state index < -0.39 is 8.07 Å². The minimum atomic E-state index is -1.11. The van der Waals surface area contributed by atoms with E-state index in [-0.39, 0.29) is 0 Å². The summed E-state index contributed by atoms with van der Waals surface area (Å²) in [5.74, 6) is 0. The molecule has 0 saturated carbocycles. The third-order valence-corrected chi connectivity index (χ3v) is 3.87. The second-order valence-electron chi connectivity index (χ2n) is 4.22. The average Bonchev–Trinajstić information content (AvgIpc) is 2.03. The molecule has 0 nitrogen and oxygen atoms in total. The largest absolute Gasteiger partial charge is 0.0805 e. The van der Waals surface area contributed by atoms with Gasteiger partial charge in [0, 0.05) is 4.48 Å². The Hall–Kier alpha value is -0.343. The molecule has 70 valence electrons. The molecule has 0 aliphatic rings. The van der Waals surface area contributed by atoms with Gasteiger partial charge in [-0.2, -0.15) is 0 Å². The van der Waals surface area contributed by atoms with Crippen LogP contribution in [0.3, 0.4) is 0 Å². The molecule has 0 fully saturated rings. The van der Waals surface area contributed by atoms with Crippen LogP contribution in [0.1, 0.15) is 5.56 Å². The predicted molar refractivity (Wildman–Crippen MR) is 66.7 cm³/mol. The molecule has 0 heterocycles. The molecule has 0 bridgehead atoms. The average molecular weight is 255 g/mol. The summed E-state index contributed by atoms with van der Waals surface area (Å²) >= 11 is 3.62. The topological polar surface area (TPSA) is 0 Å². The van der Waals surface area contributed by atoms with Crippen molar-refractivity contribution in [1.29, 1.82) is 0 Å². The monoisotopic (exact) mass is 254 g/mol. The zero-order valence-corrected chi connectivity index (χ0v) is 10.9. The summed E-state index contributed by atoms with van der Waals surface area (Å²) in [6, 6.07) is 10.4. The summed E-state index contributed by atoms with van der Waals surface area (Å²) in [5.41, 5.74) is 3.63. The molecule has 0 aromatic heterocycles. The molecular formula is C11H15BrSi. The van der Waals surface area contributed by atoms with E-state index in [2.05, 4.69) is 65.5 Å². The first-order valence-corrected chi connectivity index (χ1v) is 8.80. The van der Waals surface area contributed by atoms with Crippen molar-refractivity contribution in [1.82, 2.24) is 0 Å². The Morgan fingerprint density at radius 1 is 1.15 bits per heavy atom. The van der Waals surface area contributed by atoms with Gasteiger partial charge in [0.2, 0.25) is 0 Å². The van der Waals surface area contributed by atoms with Crippen LogP contribution in [0.25, 0.3) is 4.48 Å². The SMILES string of the molecule is C[Si](C)(C)/C=C(\Br)c1ccccc1. The van der Waals surface area contributed by atoms with E-state index in [0.29, 0.717) is 0 Å². The van der Waals surface area contributed by atoms with E-state index in [9.17, 15) is 0 Å². The van der Waals surface area contributed by atoms with Crippen molar-refractivity contribution in [3.63, 3.8) is 0 Å². The summed E-state index contributed by atoms with van der Waals surface area (Å²) < 4.78 is 1.23. The molecule has 0 aliphatic heterocycles. The fraction of sp³-hybridized carbons (Fsp3) is 0.273. The van der Waals surface area contributed by atoms with Crippen LogP contribution >= 0.6 is 15.9 Å². The lowest BCUT2D eigenvalue weighted by molar-refractivity contribution is 1.65. The molecule has 1 aromatic carbocycles. The first kappa shape index (κ1) is 10.7. The highest BCUT2D eigenvalue weighted by Gasteiger charge is 2.10. The van der Waals surface area contributed by atoms with Crippen molar-refractivity contribution < 1.29 is 0 Å². The molecule has 0 unspecified atom stereocenters. The highest BCUT2D eigenvalue weighted by Crippen LogP contribution is 2.23. The smallest absolute Gasteiger partial charge is 0.0701 e. The predicted octanol–water partition coefficient (Wildman–Crippen LogP) is 4.30. The molecule has 1 rings (SSSR count). The van der Waals surface area contributed by atoms with Crippen LogP contribution in [0, 0.1) is 0 Å². The van der Waals surface area contributed by atoms with Gasteiger partial charge in [0.1, 0.15) is 0 Å². The Morgan fingerprint density at radius 2 is 1.69 bits per heavy atom. The van der Waals surface area contributed by atoms with Crippen LogP contribution in [0.2, 0.25) is 19.6 Å². The lowest BCUT2D eigenvalue weighted by Gasteiger charge is -2.10. The van der Waals surface area contributed by atoms with Crippen LogP contribution in [-0.4, -0.2) is 8.07 Å². The summed E-state index contributed by atoms with van der Waals surface area (Å²) in [6.45, 7) is 6.99. The number of halogens is 1. The standard InChI is InChI=1S/C11H15BrSi/c1-13(2,3)9-11(12)10-7-5-4-6-8-10/h4-9H,1-3H3/b11-9-. The van der Waals surface area contributed by atoms with Crippen molar-refractivity contribution in [2.45, 2.75) is 19.6 Å². The van der Waals surface area contributed by atoms with Crippen molar-refractivity contribution in [3.05, 3.63) is 41.6 Å². The maximum Gasteiger partial charge on any atom is 0.0701 e. The second-order valence-corrected chi connectivity index (χ2v) is 10.1. The molecule has 0 atom stereocenters. The normalized spacial score (nSPS) is 13.1. The Bertz CT molecular complexity index is 296. The highest BCUT2D eigenvalue weighted by molar-refractivity contribution is 9.15. The minimum absolute atomic E-state index is 1.11. The maximum absolute atomic E-state index is 3.62. The second kappa shape index (κ2) is 4.25. The van der Waals surface area contributed by atoms with Crippen LogP contribution in [0.15, 0.2) is 36.0 Å². The lowest BCUT2D eigenvalue weighted by atomic mass is 10.2. The van der Waals surface area contributed by atoms with Crippen LogP contribution < -0.4 is 0 Å². The number of rotatable bonds is 2. The van der Waals surface area contributed by atoms with Gasteiger partial charge in [-0.05, 0) is 5.56 Å². The molecule has 0 radical (unpaired) electrons. The lowest BCUT2D eigenvalue weighted by Crippen LogP contribution is -2.15. The molecule has 0 saturated heterocycles. The van der Waals surface area contributed by atoms with Crippen molar-refractivity contribution in [2.24, 2.45) is 0 Å². The molecule has 13 heavy (non-hydrogen) atoms. The Morgan fingerprint density at radius 3 is 2.15 bits per heavy atom. The highest BCUT2D eigenvalue weighted by atomic mass is 79.9. The van der Waals surface area contributed by atoms with Gasteiger partial charge in [-0.15, -0.1) is 0 Å². The third-order valence-electron chi connectivity index (χ3n) is 1.61. The fourth-order valence-corrected chi connectivity index (χ4v) is 4.31. The van der Waals surface area contributed by atoms with Crippen molar-refractivity contribution in [3.8, 4) is 0 Å². The summed E-state index contributed by atoms with van der Waals surface area (Å²) in [4.78, 5) is 0. The van der Waals surface area contributed by atoms with Gasteiger partial charge < -0.3 is 0 Å². The van der Waals surface area contributed by atoms with Gasteiger partial charge in [0.05, 0.1) is 8.07 Å². The van der Waals surface area contributed by atoms with E-state index >= 15 is 0 Å². The van der Waals surface area contributed by atoms with Gasteiger partial charge >= 0.3 is 0 Å². The van der Waals surface area contributed by atoms with E-state index in [1.165, 1.54) is 10.0 Å². The number of hydrogen-bond acceptors (Lipinski definition) is 0. The van der Waals surface area contributed by atoms with Crippen LogP contribution in [0.4, 0.5) is 0 Å². The van der Waals surface area contributed by atoms with Gasteiger partial charge in [-0.3, -0.25) is 0 Å². The molecule has 2 heteroatoms. The van der Waals surface area contributed by atoms with E-state index in [0.717, 1.165) is 0 Å². The molecule has 1 aromatic rings. The van der Waals surface area contributed by atoms with Crippen molar-refractivity contribution in [2.75, 3.05) is 0 Å². The molecule has 0 spiro atoms. The van der Waals surface area contributed by atoms with Crippen LogP contribution in [0.5, 0.6) is 0 Å². The zero-order chi connectivity index (χ0) is 9.90. The Labute approximate surface area is 89.8 Å². The number of hydrogen-bond donors (Lipinski definition) is 0. The Balaban J connectivity index is 2.92. The minimum Gasteiger partial charge on any atom is -0.0805 e. The molecular weight excluding hydrogens is 240 g/mol. The quantitative estimate of drug-likeness (QED) is 0.691. The summed E-state index contributed by atoms with van der Waals surface area (Å²) in [7, 11) is -1.11. The fourth-order valence-electron chi connectivity index (χ4n) is 1.06. The number of benzene rings is 1. The van der Waals surface area contributed by atoms with Gasteiger partial charge in [-0.25, -0.2) is 0 Å². The van der Waals surface area contributed by atoms with E-state index in [1.54, 1.807) is 0 Å². The van der Waals surface area contributed by atoms with Crippen molar-refractivity contribution >= 4 is 28.5 Å². The third kappa shape index (κ3) is 3.92. The zero-order valence-electron chi connectivity index (χ0n) is 8.34. The van der Waals surface area contributed by atoms with Gasteiger partial charge in [0.15, 0.2) is 0 Å². The molecule has 0 aliphatic carbocycles. The first-order chi connectivity index (χ1) is 5.99. The maximum atomic E-state index is 3.62. The van der Waals surface area contributed by atoms with E-state index in [4.69, 9.17) is 0 Å². The molecule has 0 amide bonds. The Kier molecular flexibility index (Phi) is 3.51. The van der Waals surface area contributed by atoms with Crippen LogP contribution in [-0.2, 0) is 0 Å². The first-order valence-electron chi connectivity index (χ1n) is 4.43. The summed E-state index contributed by atoms with van der Waals surface area (Å²) in [6.07, 6.45) is 0. The van der Waals surface area contributed by atoms with Gasteiger partial charge in [0.25, 0.3) is 0 Å². The van der Waals surface area contributed by atoms with Gasteiger partial charge in [-0.1, -0.05) is 71.6 Å². The van der Waals surface area contributed by atoms with E-state index in [1.807, 2.05) is 6.07 Å². The summed E-state index contributed by atoms with van der Waals surface area (Å²) in [5, 5.41) is 0.